The molecule has 4 aromatic rings. The van der Waals surface area contributed by atoms with Crippen LogP contribution in [0.4, 0.5) is 5.82 Å². The molecule has 0 radical (unpaired) electrons. The standard InChI is InChI=1S/C18H17N5S/c1-2-5-14(6-3-1)15-11-24-18-16(15)17(21-12-22-18)20-7-4-9-23-10-8-19-13-23/h1-3,5-6,8,10-13H,4,7,9H2,(H,20,21,22). The van der Waals surface area contributed by atoms with Gasteiger partial charge < -0.3 is 9.88 Å². The Morgan fingerprint density at radius 3 is 2.88 bits per heavy atom. The van der Waals surface area contributed by atoms with Crippen molar-refractivity contribution >= 4 is 27.4 Å². The van der Waals surface area contributed by atoms with E-state index in [4.69, 9.17) is 0 Å². The molecule has 120 valence electrons. The van der Waals surface area contributed by atoms with Crippen molar-refractivity contribution in [3.63, 3.8) is 0 Å². The Morgan fingerprint density at radius 1 is 1.12 bits per heavy atom. The number of thiophene rings is 1. The van der Waals surface area contributed by atoms with Gasteiger partial charge in [0.15, 0.2) is 0 Å². The van der Waals surface area contributed by atoms with Gasteiger partial charge in [-0.2, -0.15) is 0 Å². The van der Waals surface area contributed by atoms with Crippen molar-refractivity contribution in [3.8, 4) is 11.1 Å². The molecule has 0 aliphatic rings. The number of nitrogens with one attached hydrogen (secondary N) is 1. The SMILES string of the molecule is c1ccc(-c2csc3ncnc(NCCCn4ccnc4)c23)cc1. The first-order valence-corrected chi connectivity index (χ1v) is 8.77. The van der Waals surface area contributed by atoms with Gasteiger partial charge in [0, 0.05) is 36.4 Å². The van der Waals surface area contributed by atoms with Crippen molar-refractivity contribution in [1.29, 1.82) is 0 Å². The van der Waals surface area contributed by atoms with E-state index in [-0.39, 0.29) is 0 Å². The zero-order chi connectivity index (χ0) is 16.2. The number of imidazole rings is 1. The predicted octanol–water partition coefficient (Wildman–Crippen LogP) is 4.06. The minimum absolute atomic E-state index is 0.856. The van der Waals surface area contributed by atoms with Crippen LogP contribution in [0.25, 0.3) is 21.3 Å². The number of aryl methyl sites for hydroxylation is 1. The predicted molar refractivity (Wildman–Crippen MR) is 98.2 cm³/mol. The molecule has 0 amide bonds. The highest BCUT2D eigenvalue weighted by Gasteiger charge is 2.12. The number of nitrogens with zero attached hydrogens (tertiary/aromatic N) is 4. The van der Waals surface area contributed by atoms with E-state index in [9.17, 15) is 0 Å². The fraction of sp³-hybridized carbons (Fsp3) is 0.167. The van der Waals surface area contributed by atoms with Gasteiger partial charge in [-0.3, -0.25) is 0 Å². The molecule has 0 atom stereocenters. The summed E-state index contributed by atoms with van der Waals surface area (Å²) in [4.78, 5) is 14.0. The Morgan fingerprint density at radius 2 is 2.04 bits per heavy atom. The largest absolute Gasteiger partial charge is 0.369 e. The summed E-state index contributed by atoms with van der Waals surface area (Å²) in [5, 5.41) is 6.73. The molecule has 5 nitrogen and oxygen atoms in total. The second kappa shape index (κ2) is 6.80. The molecule has 0 spiro atoms. The minimum Gasteiger partial charge on any atom is -0.369 e. The molecule has 6 heteroatoms. The molecule has 0 saturated heterocycles. The lowest BCUT2D eigenvalue weighted by atomic mass is 10.1. The first-order valence-electron chi connectivity index (χ1n) is 7.89. The van der Waals surface area contributed by atoms with Gasteiger partial charge in [-0.25, -0.2) is 15.0 Å². The zero-order valence-corrected chi connectivity index (χ0v) is 13.9. The van der Waals surface area contributed by atoms with Gasteiger partial charge in [0.05, 0.1) is 11.7 Å². The molecule has 0 fully saturated rings. The van der Waals surface area contributed by atoms with Gasteiger partial charge in [-0.05, 0) is 12.0 Å². The molecular formula is C18H17N5S. The van der Waals surface area contributed by atoms with E-state index in [0.717, 1.165) is 35.5 Å². The van der Waals surface area contributed by atoms with Gasteiger partial charge in [-0.15, -0.1) is 11.3 Å². The smallest absolute Gasteiger partial charge is 0.138 e. The van der Waals surface area contributed by atoms with E-state index in [1.165, 1.54) is 11.1 Å². The van der Waals surface area contributed by atoms with Gasteiger partial charge in [-0.1, -0.05) is 30.3 Å². The molecule has 24 heavy (non-hydrogen) atoms. The minimum atomic E-state index is 0.856. The maximum atomic E-state index is 4.47. The molecule has 0 bridgehead atoms. The van der Waals surface area contributed by atoms with Crippen molar-refractivity contribution < 1.29 is 0 Å². The average molecular weight is 335 g/mol. The summed E-state index contributed by atoms with van der Waals surface area (Å²) < 4.78 is 2.08. The van der Waals surface area contributed by atoms with Crippen LogP contribution in [0.15, 0.2) is 60.8 Å². The van der Waals surface area contributed by atoms with Crippen LogP contribution in [-0.2, 0) is 6.54 Å². The van der Waals surface area contributed by atoms with Gasteiger partial charge in [0.25, 0.3) is 0 Å². The van der Waals surface area contributed by atoms with Crippen LogP contribution in [0, 0.1) is 0 Å². The Balaban J connectivity index is 1.55. The van der Waals surface area contributed by atoms with E-state index < -0.39 is 0 Å². The van der Waals surface area contributed by atoms with Gasteiger partial charge >= 0.3 is 0 Å². The van der Waals surface area contributed by atoms with E-state index in [0.29, 0.717) is 0 Å². The highest BCUT2D eigenvalue weighted by molar-refractivity contribution is 7.17. The van der Waals surface area contributed by atoms with E-state index >= 15 is 0 Å². The normalized spacial score (nSPS) is 11.0. The number of anilines is 1. The molecule has 3 aromatic heterocycles. The lowest BCUT2D eigenvalue weighted by Gasteiger charge is -2.08. The van der Waals surface area contributed by atoms with E-state index in [2.05, 4.69) is 54.5 Å². The molecule has 1 aromatic carbocycles. The number of hydrogen-bond acceptors (Lipinski definition) is 5. The molecular weight excluding hydrogens is 318 g/mol. The van der Waals surface area contributed by atoms with Crippen LogP contribution in [0.1, 0.15) is 6.42 Å². The molecule has 0 aliphatic heterocycles. The second-order valence-corrected chi connectivity index (χ2v) is 6.36. The third-order valence-electron chi connectivity index (χ3n) is 3.90. The van der Waals surface area contributed by atoms with Gasteiger partial charge in [0.2, 0.25) is 0 Å². The first-order chi connectivity index (χ1) is 11.9. The first kappa shape index (κ1) is 14.8. The maximum absolute atomic E-state index is 4.47. The van der Waals surface area contributed by atoms with Crippen LogP contribution in [0.5, 0.6) is 0 Å². The van der Waals surface area contributed by atoms with E-state index in [1.54, 1.807) is 23.9 Å². The molecule has 4 rings (SSSR count). The quantitative estimate of drug-likeness (QED) is 0.540. The fourth-order valence-corrected chi connectivity index (χ4v) is 3.64. The molecule has 0 saturated carbocycles. The lowest BCUT2D eigenvalue weighted by molar-refractivity contribution is 0.660. The Kier molecular flexibility index (Phi) is 4.20. The molecule has 0 unspecified atom stereocenters. The van der Waals surface area contributed by atoms with Crippen LogP contribution < -0.4 is 5.32 Å². The maximum Gasteiger partial charge on any atom is 0.138 e. The summed E-state index contributed by atoms with van der Waals surface area (Å²) in [5.41, 5.74) is 2.38. The summed E-state index contributed by atoms with van der Waals surface area (Å²) in [6.45, 7) is 1.80. The number of fused-ring (bicyclic) bond motifs is 1. The molecule has 1 N–H and O–H groups in total. The molecule has 0 aliphatic carbocycles. The summed E-state index contributed by atoms with van der Waals surface area (Å²) >= 11 is 1.66. The monoisotopic (exact) mass is 335 g/mol. The van der Waals surface area contributed by atoms with Crippen molar-refractivity contribution in [3.05, 3.63) is 60.8 Å². The molecule has 3 heterocycles. The van der Waals surface area contributed by atoms with Crippen LogP contribution in [0.3, 0.4) is 0 Å². The Labute approximate surface area is 144 Å². The van der Waals surface area contributed by atoms with Crippen LogP contribution in [-0.4, -0.2) is 26.1 Å². The summed E-state index contributed by atoms with van der Waals surface area (Å²) in [6.07, 6.45) is 8.27. The third-order valence-corrected chi connectivity index (χ3v) is 4.79. The van der Waals surface area contributed by atoms with Crippen LogP contribution in [0.2, 0.25) is 0 Å². The highest BCUT2D eigenvalue weighted by atomic mass is 32.1. The Hall–Kier alpha value is -2.73. The van der Waals surface area contributed by atoms with E-state index in [1.807, 2.05) is 18.6 Å². The highest BCUT2D eigenvalue weighted by Crippen LogP contribution is 2.36. The topological polar surface area (TPSA) is 55.6 Å². The number of aromatic nitrogens is 4. The zero-order valence-electron chi connectivity index (χ0n) is 13.1. The number of hydrogen-bond donors (Lipinski definition) is 1. The summed E-state index contributed by atoms with van der Waals surface area (Å²) in [6, 6.07) is 10.4. The summed E-state index contributed by atoms with van der Waals surface area (Å²) in [5.74, 6) is 0.908. The van der Waals surface area contributed by atoms with Crippen LogP contribution >= 0.6 is 11.3 Å². The summed E-state index contributed by atoms with van der Waals surface area (Å²) in [7, 11) is 0. The van der Waals surface area contributed by atoms with Crippen molar-refractivity contribution in [2.24, 2.45) is 0 Å². The Bertz CT molecular complexity index is 915. The second-order valence-electron chi connectivity index (χ2n) is 5.50. The van der Waals surface area contributed by atoms with Crippen molar-refractivity contribution in [1.82, 2.24) is 19.5 Å². The number of rotatable bonds is 6. The number of benzene rings is 1. The van der Waals surface area contributed by atoms with Crippen molar-refractivity contribution in [2.75, 3.05) is 11.9 Å². The fourth-order valence-electron chi connectivity index (χ4n) is 2.73. The van der Waals surface area contributed by atoms with Gasteiger partial charge in [0.1, 0.15) is 17.0 Å². The van der Waals surface area contributed by atoms with Crippen molar-refractivity contribution in [2.45, 2.75) is 13.0 Å². The average Bonchev–Trinajstić information content (AvgIpc) is 3.29. The third kappa shape index (κ3) is 3.00. The lowest BCUT2D eigenvalue weighted by Crippen LogP contribution is -2.07.